The Morgan fingerprint density at radius 1 is 0.844 bits per heavy atom. The molecule has 0 aliphatic rings. The second-order valence-electron chi connectivity index (χ2n) is 10.7. The number of carbonyl (C=O) groups excluding carboxylic acids is 2. The van der Waals surface area contributed by atoms with Crippen LogP contribution in [0.3, 0.4) is 0 Å². The largest absolute Gasteiger partial charge is 0.494 e. The van der Waals surface area contributed by atoms with Crippen LogP contribution in [0.4, 0.5) is 5.69 Å². The number of sulfonamides is 1. The van der Waals surface area contributed by atoms with E-state index in [1.807, 2.05) is 51.1 Å². The molecular weight excluding hydrogens is 610 g/mol. The van der Waals surface area contributed by atoms with E-state index in [0.29, 0.717) is 22.9 Å². The van der Waals surface area contributed by atoms with Gasteiger partial charge in [0, 0.05) is 24.0 Å². The van der Waals surface area contributed by atoms with E-state index >= 15 is 0 Å². The quantitative estimate of drug-likeness (QED) is 0.179. The number of halogens is 1. The monoisotopic (exact) mass is 647 g/mol. The van der Waals surface area contributed by atoms with Crippen molar-refractivity contribution in [2.45, 2.75) is 50.7 Å². The van der Waals surface area contributed by atoms with Gasteiger partial charge in [-0.05, 0) is 74.4 Å². The van der Waals surface area contributed by atoms with Crippen molar-refractivity contribution in [1.29, 1.82) is 0 Å². The van der Waals surface area contributed by atoms with E-state index in [4.69, 9.17) is 16.3 Å². The van der Waals surface area contributed by atoms with Gasteiger partial charge >= 0.3 is 0 Å². The van der Waals surface area contributed by atoms with Crippen molar-refractivity contribution in [3.8, 4) is 5.75 Å². The first-order chi connectivity index (χ1) is 21.6. The Kier molecular flexibility index (Phi) is 11.6. The molecule has 0 aliphatic carbocycles. The predicted molar refractivity (Wildman–Crippen MR) is 178 cm³/mol. The minimum absolute atomic E-state index is 0.00990. The first-order valence-electron chi connectivity index (χ1n) is 14.8. The SMILES string of the molecule is CCOc1ccc(N(CC(=O)N(Cc2ccccc2Cl)C(Cc2ccccc2)C(=O)NC(C)C)S(=O)(=O)c2ccccc2)cc1. The molecule has 236 valence electrons. The van der Waals surface area contributed by atoms with Gasteiger partial charge in [-0.2, -0.15) is 0 Å². The lowest BCUT2D eigenvalue weighted by Gasteiger charge is -2.34. The van der Waals surface area contributed by atoms with Crippen molar-refractivity contribution >= 4 is 39.1 Å². The van der Waals surface area contributed by atoms with Crippen molar-refractivity contribution < 1.29 is 22.7 Å². The zero-order valence-corrected chi connectivity index (χ0v) is 27.2. The third kappa shape index (κ3) is 8.86. The topological polar surface area (TPSA) is 96.0 Å². The van der Waals surface area contributed by atoms with E-state index in [1.165, 1.54) is 17.0 Å². The Morgan fingerprint density at radius 2 is 1.44 bits per heavy atom. The fourth-order valence-corrected chi connectivity index (χ4v) is 6.50. The van der Waals surface area contributed by atoms with Crippen molar-refractivity contribution in [2.75, 3.05) is 17.5 Å². The van der Waals surface area contributed by atoms with Crippen LogP contribution in [-0.4, -0.2) is 50.4 Å². The van der Waals surface area contributed by atoms with Crippen LogP contribution < -0.4 is 14.4 Å². The molecule has 0 fully saturated rings. The lowest BCUT2D eigenvalue weighted by Crippen LogP contribution is -2.54. The number of nitrogens with one attached hydrogen (secondary N) is 1. The van der Waals surface area contributed by atoms with E-state index in [1.54, 1.807) is 66.7 Å². The Balaban J connectivity index is 1.80. The summed E-state index contributed by atoms with van der Waals surface area (Å²) in [5, 5.41) is 3.38. The van der Waals surface area contributed by atoms with Crippen LogP contribution in [0.15, 0.2) is 114 Å². The van der Waals surface area contributed by atoms with E-state index in [9.17, 15) is 18.0 Å². The third-order valence-electron chi connectivity index (χ3n) is 7.05. The van der Waals surface area contributed by atoms with Gasteiger partial charge in [-0.25, -0.2) is 8.42 Å². The molecule has 0 aliphatic heterocycles. The predicted octanol–water partition coefficient (Wildman–Crippen LogP) is 6.10. The van der Waals surface area contributed by atoms with Crippen LogP contribution in [0, 0.1) is 0 Å². The molecule has 1 N–H and O–H groups in total. The Morgan fingerprint density at radius 3 is 2.04 bits per heavy atom. The average Bonchev–Trinajstić information content (AvgIpc) is 3.03. The summed E-state index contributed by atoms with van der Waals surface area (Å²) in [5.41, 5.74) is 1.75. The number of benzene rings is 4. The molecule has 45 heavy (non-hydrogen) atoms. The van der Waals surface area contributed by atoms with Gasteiger partial charge in [0.2, 0.25) is 11.8 Å². The first kappa shape index (κ1) is 33.6. The highest BCUT2D eigenvalue weighted by Crippen LogP contribution is 2.27. The number of rotatable bonds is 14. The van der Waals surface area contributed by atoms with Crippen molar-refractivity contribution in [3.05, 3.63) is 125 Å². The zero-order valence-electron chi connectivity index (χ0n) is 25.6. The highest BCUT2D eigenvalue weighted by atomic mass is 35.5. The van der Waals surface area contributed by atoms with Crippen LogP contribution in [-0.2, 0) is 32.6 Å². The van der Waals surface area contributed by atoms with Gasteiger partial charge in [0.25, 0.3) is 10.0 Å². The molecule has 1 atom stereocenters. The maximum absolute atomic E-state index is 14.5. The van der Waals surface area contributed by atoms with Gasteiger partial charge in [0.15, 0.2) is 0 Å². The second-order valence-corrected chi connectivity index (χ2v) is 13.0. The minimum atomic E-state index is -4.19. The molecule has 1 unspecified atom stereocenters. The molecule has 0 saturated carbocycles. The fraction of sp³-hybridized carbons (Fsp3) is 0.257. The number of anilines is 1. The highest BCUT2D eigenvalue weighted by Gasteiger charge is 2.35. The number of hydrogen-bond acceptors (Lipinski definition) is 5. The van der Waals surface area contributed by atoms with Crippen LogP contribution in [0.5, 0.6) is 5.75 Å². The number of carbonyl (C=O) groups is 2. The summed E-state index contributed by atoms with van der Waals surface area (Å²) in [7, 11) is -4.19. The molecule has 0 aromatic heterocycles. The molecule has 8 nitrogen and oxygen atoms in total. The molecule has 4 rings (SSSR count). The molecular formula is C35H38ClN3O5S. The summed E-state index contributed by atoms with van der Waals surface area (Å²) in [6.07, 6.45) is 0.212. The molecule has 0 bridgehead atoms. The summed E-state index contributed by atoms with van der Waals surface area (Å²) in [5.74, 6) is -0.353. The Bertz CT molecular complexity index is 1670. The first-order valence-corrected chi connectivity index (χ1v) is 16.6. The molecule has 10 heteroatoms. The third-order valence-corrected chi connectivity index (χ3v) is 9.20. The number of hydrogen-bond donors (Lipinski definition) is 1. The van der Waals surface area contributed by atoms with E-state index in [0.717, 1.165) is 9.87 Å². The number of amides is 2. The van der Waals surface area contributed by atoms with Crippen LogP contribution >= 0.6 is 11.6 Å². The summed E-state index contributed by atoms with van der Waals surface area (Å²) in [6.45, 7) is 5.42. The van der Waals surface area contributed by atoms with Crippen LogP contribution in [0.25, 0.3) is 0 Å². The Hall–Kier alpha value is -4.34. The average molecular weight is 648 g/mol. The normalized spacial score (nSPS) is 11.9. The molecule has 0 spiro atoms. The zero-order chi connectivity index (χ0) is 32.4. The van der Waals surface area contributed by atoms with E-state index < -0.39 is 28.5 Å². The number of ether oxygens (including phenoxy) is 1. The van der Waals surface area contributed by atoms with Crippen LogP contribution in [0.1, 0.15) is 31.9 Å². The van der Waals surface area contributed by atoms with Gasteiger partial charge < -0.3 is 15.0 Å². The lowest BCUT2D eigenvalue weighted by atomic mass is 10.0. The highest BCUT2D eigenvalue weighted by molar-refractivity contribution is 7.92. The standard InChI is InChI=1S/C35H38ClN3O5S/c1-4-44-30-21-19-29(20-22-30)39(45(42,43)31-16-9-6-10-17-31)25-34(40)38(24-28-15-11-12-18-32(28)36)33(35(41)37-26(2)3)23-27-13-7-5-8-14-27/h5-22,26,33H,4,23-25H2,1-3H3,(H,37,41). The summed E-state index contributed by atoms with van der Waals surface area (Å²) >= 11 is 6.54. The molecule has 0 radical (unpaired) electrons. The van der Waals surface area contributed by atoms with Gasteiger partial charge in [0.05, 0.1) is 17.2 Å². The van der Waals surface area contributed by atoms with Gasteiger partial charge in [0.1, 0.15) is 18.3 Å². The van der Waals surface area contributed by atoms with Gasteiger partial charge in [-0.1, -0.05) is 78.3 Å². The lowest BCUT2D eigenvalue weighted by molar-refractivity contribution is -0.140. The van der Waals surface area contributed by atoms with Gasteiger partial charge in [-0.3, -0.25) is 13.9 Å². The van der Waals surface area contributed by atoms with Gasteiger partial charge in [-0.15, -0.1) is 0 Å². The van der Waals surface area contributed by atoms with Crippen molar-refractivity contribution in [2.24, 2.45) is 0 Å². The molecule has 0 heterocycles. The fourth-order valence-electron chi connectivity index (χ4n) is 4.87. The maximum Gasteiger partial charge on any atom is 0.264 e. The Labute approximate surface area is 270 Å². The van der Waals surface area contributed by atoms with Crippen molar-refractivity contribution in [3.63, 3.8) is 0 Å². The summed E-state index contributed by atoms with van der Waals surface area (Å²) < 4.78 is 34.8. The molecule has 0 saturated heterocycles. The minimum Gasteiger partial charge on any atom is -0.494 e. The smallest absolute Gasteiger partial charge is 0.264 e. The second kappa shape index (κ2) is 15.6. The summed E-state index contributed by atoms with van der Waals surface area (Å²) in [4.78, 5) is 29.7. The van der Waals surface area contributed by atoms with E-state index in [-0.39, 0.29) is 35.5 Å². The van der Waals surface area contributed by atoms with Crippen molar-refractivity contribution in [1.82, 2.24) is 10.2 Å². The molecule has 4 aromatic rings. The summed E-state index contributed by atoms with van der Waals surface area (Å²) in [6, 6.07) is 29.8. The van der Waals surface area contributed by atoms with E-state index in [2.05, 4.69) is 5.32 Å². The van der Waals surface area contributed by atoms with Crippen LogP contribution in [0.2, 0.25) is 5.02 Å². The molecule has 2 amide bonds. The number of nitrogens with zero attached hydrogens (tertiary/aromatic N) is 2. The maximum atomic E-state index is 14.5. The molecule has 4 aromatic carbocycles.